The molecular weight excluding hydrogens is 587 g/mol. The van der Waals surface area contributed by atoms with Gasteiger partial charge in [0.25, 0.3) is 0 Å². The van der Waals surface area contributed by atoms with Crippen molar-refractivity contribution in [2.24, 2.45) is 0 Å². The van der Waals surface area contributed by atoms with Gasteiger partial charge in [0.15, 0.2) is 17.5 Å². The van der Waals surface area contributed by atoms with E-state index in [0.29, 0.717) is 24.1 Å². The van der Waals surface area contributed by atoms with E-state index in [2.05, 4.69) is 158 Å². The number of fused-ring (bicyclic) bond motifs is 4. The minimum Gasteiger partial charge on any atom is -0.488 e. The molecule has 1 aliphatic rings. The standard InChI is InChI=1S/C44H29N3O/c1-2-10-29(11-3-1)34-15-8-16-35(26-34)43-45-42(46-44(47-43)36-25-20-30-12-4-5-13-33(30)27-36)32-23-21-31(22-24-32)38-18-9-19-40-41(38)39-17-7-6-14-37(39)28-48-40/h1-27H,28H2. The second-order valence-electron chi connectivity index (χ2n) is 12.0. The van der Waals surface area contributed by atoms with Crippen LogP contribution < -0.4 is 4.74 Å². The van der Waals surface area contributed by atoms with Gasteiger partial charge in [-0.15, -0.1) is 0 Å². The van der Waals surface area contributed by atoms with Crippen molar-refractivity contribution in [3.8, 4) is 73.3 Å². The molecule has 9 rings (SSSR count). The van der Waals surface area contributed by atoms with Crippen molar-refractivity contribution in [3.63, 3.8) is 0 Å². The molecule has 8 aromatic rings. The average molecular weight is 616 g/mol. The first-order chi connectivity index (χ1) is 23.8. The molecule has 4 nitrogen and oxygen atoms in total. The number of aromatic nitrogens is 3. The van der Waals surface area contributed by atoms with Crippen LogP contribution >= 0.6 is 0 Å². The van der Waals surface area contributed by atoms with Crippen LogP contribution in [0.25, 0.3) is 78.3 Å². The molecule has 0 saturated heterocycles. The van der Waals surface area contributed by atoms with Crippen LogP contribution in [0.2, 0.25) is 0 Å². The first-order valence-electron chi connectivity index (χ1n) is 16.1. The molecule has 0 spiro atoms. The van der Waals surface area contributed by atoms with Gasteiger partial charge in [-0.1, -0.05) is 146 Å². The lowest BCUT2D eigenvalue weighted by atomic mass is 9.89. The maximum Gasteiger partial charge on any atom is 0.164 e. The normalized spacial score (nSPS) is 11.8. The van der Waals surface area contributed by atoms with Crippen LogP contribution in [0.3, 0.4) is 0 Å². The van der Waals surface area contributed by atoms with E-state index >= 15 is 0 Å². The second kappa shape index (κ2) is 11.8. The Kier molecular flexibility index (Phi) is 6.83. The van der Waals surface area contributed by atoms with Crippen molar-refractivity contribution in [1.82, 2.24) is 15.0 Å². The summed E-state index contributed by atoms with van der Waals surface area (Å²) in [7, 11) is 0. The molecule has 0 amide bonds. The molecule has 48 heavy (non-hydrogen) atoms. The molecule has 226 valence electrons. The highest BCUT2D eigenvalue weighted by Gasteiger charge is 2.21. The number of rotatable bonds is 5. The summed E-state index contributed by atoms with van der Waals surface area (Å²) in [5.74, 6) is 2.82. The first kappa shape index (κ1) is 27.9. The highest BCUT2D eigenvalue weighted by atomic mass is 16.5. The number of hydrogen-bond donors (Lipinski definition) is 0. The van der Waals surface area contributed by atoms with E-state index in [1.807, 2.05) is 6.07 Å². The van der Waals surface area contributed by atoms with Crippen LogP contribution in [0.15, 0.2) is 164 Å². The van der Waals surface area contributed by atoms with Gasteiger partial charge in [0.05, 0.1) is 0 Å². The Morgan fingerprint density at radius 1 is 0.375 bits per heavy atom. The number of benzene rings is 7. The van der Waals surface area contributed by atoms with Gasteiger partial charge in [0.2, 0.25) is 0 Å². The summed E-state index contributed by atoms with van der Waals surface area (Å²) in [5, 5.41) is 2.32. The van der Waals surface area contributed by atoms with Crippen LogP contribution in [0.1, 0.15) is 5.56 Å². The van der Waals surface area contributed by atoms with Gasteiger partial charge in [-0.05, 0) is 62.4 Å². The molecular formula is C44H29N3O. The highest BCUT2D eigenvalue weighted by Crippen LogP contribution is 2.44. The van der Waals surface area contributed by atoms with Crippen molar-refractivity contribution in [1.29, 1.82) is 0 Å². The van der Waals surface area contributed by atoms with Gasteiger partial charge in [0, 0.05) is 22.3 Å². The second-order valence-corrected chi connectivity index (χ2v) is 12.0. The molecule has 0 radical (unpaired) electrons. The van der Waals surface area contributed by atoms with Crippen LogP contribution in [0.5, 0.6) is 5.75 Å². The Morgan fingerprint density at radius 2 is 0.958 bits per heavy atom. The Hall–Kier alpha value is -6.39. The van der Waals surface area contributed by atoms with Crippen molar-refractivity contribution in [2.75, 3.05) is 0 Å². The first-order valence-corrected chi connectivity index (χ1v) is 16.1. The fourth-order valence-electron chi connectivity index (χ4n) is 6.57. The zero-order valence-corrected chi connectivity index (χ0v) is 26.0. The predicted octanol–water partition coefficient (Wildman–Crippen LogP) is 10.9. The van der Waals surface area contributed by atoms with E-state index in [4.69, 9.17) is 19.7 Å². The molecule has 0 saturated carbocycles. The van der Waals surface area contributed by atoms with Crippen LogP contribution in [0.4, 0.5) is 0 Å². The molecule has 0 aliphatic carbocycles. The zero-order chi connectivity index (χ0) is 31.9. The topological polar surface area (TPSA) is 47.9 Å². The van der Waals surface area contributed by atoms with Gasteiger partial charge in [0.1, 0.15) is 12.4 Å². The van der Waals surface area contributed by atoms with Crippen molar-refractivity contribution in [3.05, 3.63) is 169 Å². The van der Waals surface area contributed by atoms with Gasteiger partial charge >= 0.3 is 0 Å². The lowest BCUT2D eigenvalue weighted by Crippen LogP contribution is -2.06. The van der Waals surface area contributed by atoms with Gasteiger partial charge in [-0.3, -0.25) is 0 Å². The summed E-state index contributed by atoms with van der Waals surface area (Å²) in [6.07, 6.45) is 0. The molecule has 0 bridgehead atoms. The SMILES string of the molecule is c1ccc(-c2cccc(-c3nc(-c4ccc(-c5cccc6c5-c5ccccc5CO6)cc4)nc(-c4ccc5ccccc5c4)n3)c2)cc1. The van der Waals surface area contributed by atoms with Crippen molar-refractivity contribution < 1.29 is 4.74 Å². The van der Waals surface area contributed by atoms with Crippen LogP contribution in [-0.2, 0) is 6.61 Å². The molecule has 0 fully saturated rings. The van der Waals surface area contributed by atoms with Gasteiger partial charge in [-0.2, -0.15) is 0 Å². The largest absolute Gasteiger partial charge is 0.488 e. The highest BCUT2D eigenvalue weighted by molar-refractivity contribution is 5.90. The summed E-state index contributed by atoms with van der Waals surface area (Å²) in [6.45, 7) is 0.584. The van der Waals surface area contributed by atoms with E-state index in [1.54, 1.807) is 0 Å². The van der Waals surface area contributed by atoms with Gasteiger partial charge in [-0.25, -0.2) is 15.0 Å². The fraction of sp³-hybridized carbons (Fsp3) is 0.0227. The monoisotopic (exact) mass is 615 g/mol. The molecule has 0 unspecified atom stereocenters. The van der Waals surface area contributed by atoms with E-state index < -0.39 is 0 Å². The maximum absolute atomic E-state index is 6.15. The molecule has 7 aromatic carbocycles. The Morgan fingerprint density at radius 3 is 1.79 bits per heavy atom. The molecule has 0 N–H and O–H groups in total. The average Bonchev–Trinajstić information content (AvgIpc) is 3.17. The lowest BCUT2D eigenvalue weighted by Gasteiger charge is -2.23. The quantitative estimate of drug-likeness (QED) is 0.193. The third-order valence-electron chi connectivity index (χ3n) is 9.02. The Labute approximate surface area is 279 Å². The smallest absolute Gasteiger partial charge is 0.164 e. The Balaban J connectivity index is 1.16. The predicted molar refractivity (Wildman–Crippen MR) is 194 cm³/mol. The Bertz CT molecular complexity index is 2450. The summed E-state index contributed by atoms with van der Waals surface area (Å²) in [6, 6.07) is 56.8. The fourth-order valence-corrected chi connectivity index (χ4v) is 6.57. The maximum atomic E-state index is 6.15. The third kappa shape index (κ3) is 5.10. The molecule has 4 heteroatoms. The number of nitrogens with zero attached hydrogens (tertiary/aromatic N) is 3. The number of hydrogen-bond acceptors (Lipinski definition) is 4. The van der Waals surface area contributed by atoms with Gasteiger partial charge < -0.3 is 4.74 Å². The summed E-state index contributed by atoms with van der Waals surface area (Å²) in [4.78, 5) is 15.1. The zero-order valence-electron chi connectivity index (χ0n) is 26.0. The van der Waals surface area contributed by atoms with E-state index in [0.717, 1.165) is 55.6 Å². The molecule has 0 atom stereocenters. The number of ether oxygens (including phenoxy) is 1. The molecule has 1 aliphatic heterocycles. The third-order valence-corrected chi connectivity index (χ3v) is 9.02. The minimum absolute atomic E-state index is 0.584. The summed E-state index contributed by atoms with van der Waals surface area (Å²) < 4.78 is 6.15. The van der Waals surface area contributed by atoms with Crippen molar-refractivity contribution in [2.45, 2.75) is 6.61 Å². The summed E-state index contributed by atoms with van der Waals surface area (Å²) >= 11 is 0. The minimum atomic E-state index is 0.584. The van der Waals surface area contributed by atoms with Crippen molar-refractivity contribution >= 4 is 10.8 Å². The van der Waals surface area contributed by atoms with Crippen LogP contribution in [-0.4, -0.2) is 15.0 Å². The van der Waals surface area contributed by atoms with E-state index in [-0.39, 0.29) is 0 Å². The van der Waals surface area contributed by atoms with E-state index in [1.165, 1.54) is 16.5 Å². The molecule has 1 aromatic heterocycles. The lowest BCUT2D eigenvalue weighted by molar-refractivity contribution is 0.302. The van der Waals surface area contributed by atoms with E-state index in [9.17, 15) is 0 Å². The molecule has 2 heterocycles. The summed E-state index contributed by atoms with van der Waals surface area (Å²) in [5.41, 5.74) is 10.9. The van der Waals surface area contributed by atoms with Crippen LogP contribution in [0, 0.1) is 0 Å².